The lowest BCUT2D eigenvalue weighted by atomic mass is 10.4. The number of aliphatic hydroxyl groups is 1. The molecule has 54 valence electrons. The topological polar surface area (TPSA) is 35.5 Å². The van der Waals surface area contributed by atoms with E-state index in [0.717, 1.165) is 32.6 Å². The Labute approximate surface area is 55.7 Å². The third kappa shape index (κ3) is 2.30. The van der Waals surface area contributed by atoms with E-state index >= 15 is 0 Å². The first-order valence-electron chi connectivity index (χ1n) is 3.47. The van der Waals surface area contributed by atoms with Gasteiger partial charge in [-0.15, -0.1) is 0 Å². The highest BCUT2D eigenvalue weighted by Gasteiger charge is 2.04. The van der Waals surface area contributed by atoms with Crippen LogP contribution in [0.5, 0.6) is 0 Å². The Morgan fingerprint density at radius 2 is 2.22 bits per heavy atom. The minimum absolute atomic E-state index is 0.210. The van der Waals surface area contributed by atoms with Crippen LogP contribution in [0.1, 0.15) is 6.42 Å². The minimum Gasteiger partial charge on any atom is -0.381 e. The first kappa shape index (κ1) is 6.99. The molecule has 2 N–H and O–H groups in total. The second-order valence-corrected chi connectivity index (χ2v) is 2.36. The fourth-order valence-corrected chi connectivity index (χ4v) is 1.04. The van der Waals surface area contributed by atoms with Gasteiger partial charge in [0.2, 0.25) is 0 Å². The van der Waals surface area contributed by atoms with E-state index in [1.165, 1.54) is 0 Å². The van der Waals surface area contributed by atoms with Gasteiger partial charge in [-0.05, 0) is 13.0 Å². The molecule has 3 nitrogen and oxygen atoms in total. The highest BCUT2D eigenvalue weighted by atomic mass is 16.3. The third-order valence-corrected chi connectivity index (χ3v) is 1.63. The summed E-state index contributed by atoms with van der Waals surface area (Å²) in [6.07, 6.45) is 1.15. The predicted octanol–water partition coefficient (Wildman–Crippen LogP) is -0.768. The molecule has 0 radical (unpaired) electrons. The van der Waals surface area contributed by atoms with Gasteiger partial charge in [0, 0.05) is 19.6 Å². The molecule has 0 aromatic heterocycles. The van der Waals surface area contributed by atoms with Gasteiger partial charge in [-0.25, -0.2) is 0 Å². The van der Waals surface area contributed by atoms with E-state index in [1.807, 2.05) is 4.90 Å². The largest absolute Gasteiger partial charge is 0.381 e. The van der Waals surface area contributed by atoms with Gasteiger partial charge in [0.05, 0.1) is 6.73 Å². The number of hydrogen-bond acceptors (Lipinski definition) is 3. The van der Waals surface area contributed by atoms with Crippen LogP contribution in [0.2, 0.25) is 0 Å². The average Bonchev–Trinajstić information content (AvgIpc) is 2.13. The van der Waals surface area contributed by atoms with Gasteiger partial charge in [-0.1, -0.05) is 0 Å². The van der Waals surface area contributed by atoms with E-state index in [4.69, 9.17) is 5.11 Å². The average molecular weight is 130 g/mol. The lowest BCUT2D eigenvalue weighted by Gasteiger charge is -2.14. The van der Waals surface area contributed by atoms with E-state index < -0.39 is 0 Å². The maximum atomic E-state index is 8.71. The summed E-state index contributed by atoms with van der Waals surface area (Å²) in [4.78, 5) is 2.04. The summed E-state index contributed by atoms with van der Waals surface area (Å²) in [5.41, 5.74) is 0. The first-order chi connectivity index (χ1) is 4.43. The van der Waals surface area contributed by atoms with Crippen LogP contribution in [0, 0.1) is 0 Å². The Balaban J connectivity index is 2.18. The molecule has 0 aromatic carbocycles. The number of aliphatic hydroxyl groups excluding tert-OH is 1. The molecule has 0 amide bonds. The van der Waals surface area contributed by atoms with E-state index in [0.29, 0.717) is 0 Å². The zero-order valence-corrected chi connectivity index (χ0v) is 5.64. The molecule has 1 fully saturated rings. The summed E-state index contributed by atoms with van der Waals surface area (Å²) in [5.74, 6) is 0. The number of hydrogen-bond donors (Lipinski definition) is 2. The fraction of sp³-hybridized carbons (Fsp3) is 1.00. The minimum atomic E-state index is 0.210. The van der Waals surface area contributed by atoms with E-state index in [1.54, 1.807) is 0 Å². The zero-order valence-electron chi connectivity index (χ0n) is 5.64. The van der Waals surface area contributed by atoms with Crippen molar-refractivity contribution in [3.05, 3.63) is 0 Å². The van der Waals surface area contributed by atoms with Crippen molar-refractivity contribution < 1.29 is 5.11 Å². The molecule has 1 heterocycles. The van der Waals surface area contributed by atoms with Crippen LogP contribution in [0.15, 0.2) is 0 Å². The molecular weight excluding hydrogens is 116 g/mol. The molecule has 1 aliphatic rings. The molecule has 9 heavy (non-hydrogen) atoms. The van der Waals surface area contributed by atoms with Crippen molar-refractivity contribution in [3.8, 4) is 0 Å². The standard InChI is InChI=1S/C6H14N2O/c9-6-8-4-1-2-7-3-5-8/h7,9H,1-6H2. The Hall–Kier alpha value is -0.120. The van der Waals surface area contributed by atoms with Crippen molar-refractivity contribution in [1.82, 2.24) is 10.2 Å². The SMILES string of the molecule is OCN1CCCNCC1. The first-order valence-corrected chi connectivity index (χ1v) is 3.47. The third-order valence-electron chi connectivity index (χ3n) is 1.63. The van der Waals surface area contributed by atoms with Gasteiger partial charge in [0.25, 0.3) is 0 Å². The van der Waals surface area contributed by atoms with Crippen LogP contribution in [-0.2, 0) is 0 Å². The van der Waals surface area contributed by atoms with Crippen LogP contribution < -0.4 is 5.32 Å². The lowest BCUT2D eigenvalue weighted by molar-refractivity contribution is 0.114. The van der Waals surface area contributed by atoms with Crippen molar-refractivity contribution >= 4 is 0 Å². The molecule has 0 spiro atoms. The smallest absolute Gasteiger partial charge is 0.0956 e. The maximum Gasteiger partial charge on any atom is 0.0956 e. The summed E-state index contributed by atoms with van der Waals surface area (Å²) in [6, 6.07) is 0. The molecule has 1 saturated heterocycles. The van der Waals surface area contributed by atoms with Gasteiger partial charge in [-0.2, -0.15) is 0 Å². The summed E-state index contributed by atoms with van der Waals surface area (Å²) in [6.45, 7) is 4.33. The lowest BCUT2D eigenvalue weighted by Crippen LogP contribution is -2.28. The van der Waals surface area contributed by atoms with Crippen LogP contribution >= 0.6 is 0 Å². The second-order valence-electron chi connectivity index (χ2n) is 2.36. The number of nitrogens with one attached hydrogen (secondary N) is 1. The predicted molar refractivity (Wildman–Crippen MR) is 36.1 cm³/mol. The quantitative estimate of drug-likeness (QED) is 0.489. The molecule has 0 unspecified atom stereocenters. The summed E-state index contributed by atoms with van der Waals surface area (Å²) >= 11 is 0. The molecule has 3 heteroatoms. The van der Waals surface area contributed by atoms with Crippen molar-refractivity contribution in [1.29, 1.82) is 0 Å². The van der Waals surface area contributed by atoms with Gasteiger partial charge >= 0.3 is 0 Å². The van der Waals surface area contributed by atoms with Gasteiger partial charge < -0.3 is 10.4 Å². The number of nitrogens with zero attached hydrogens (tertiary/aromatic N) is 1. The second kappa shape index (κ2) is 3.82. The maximum absolute atomic E-state index is 8.71. The summed E-state index contributed by atoms with van der Waals surface area (Å²) in [7, 11) is 0. The van der Waals surface area contributed by atoms with Crippen molar-refractivity contribution in [2.24, 2.45) is 0 Å². The fourth-order valence-electron chi connectivity index (χ4n) is 1.04. The summed E-state index contributed by atoms with van der Waals surface area (Å²) in [5, 5.41) is 12.0. The molecule has 0 saturated carbocycles. The summed E-state index contributed by atoms with van der Waals surface area (Å²) < 4.78 is 0. The molecule has 1 aliphatic heterocycles. The molecule has 0 aliphatic carbocycles. The normalized spacial score (nSPS) is 23.7. The monoisotopic (exact) mass is 130 g/mol. The zero-order chi connectivity index (χ0) is 6.53. The highest BCUT2D eigenvalue weighted by molar-refractivity contribution is 4.61. The van der Waals surface area contributed by atoms with Crippen molar-refractivity contribution in [2.75, 3.05) is 32.9 Å². The van der Waals surface area contributed by atoms with Gasteiger partial charge in [0.15, 0.2) is 0 Å². The Morgan fingerprint density at radius 3 is 3.00 bits per heavy atom. The number of rotatable bonds is 1. The van der Waals surface area contributed by atoms with Crippen LogP contribution in [0.4, 0.5) is 0 Å². The van der Waals surface area contributed by atoms with E-state index in [-0.39, 0.29) is 6.73 Å². The Kier molecular flexibility index (Phi) is 2.97. The molecule has 0 bridgehead atoms. The van der Waals surface area contributed by atoms with E-state index in [2.05, 4.69) is 5.32 Å². The van der Waals surface area contributed by atoms with E-state index in [9.17, 15) is 0 Å². The van der Waals surface area contributed by atoms with Crippen molar-refractivity contribution in [2.45, 2.75) is 6.42 Å². The van der Waals surface area contributed by atoms with Gasteiger partial charge in [-0.3, -0.25) is 4.90 Å². The molecular formula is C6H14N2O. The molecule has 0 atom stereocenters. The Morgan fingerprint density at radius 1 is 1.33 bits per heavy atom. The van der Waals surface area contributed by atoms with Crippen LogP contribution in [0.3, 0.4) is 0 Å². The molecule has 0 aromatic rings. The van der Waals surface area contributed by atoms with Crippen molar-refractivity contribution in [3.63, 3.8) is 0 Å². The molecule has 1 rings (SSSR count). The van der Waals surface area contributed by atoms with Crippen LogP contribution in [-0.4, -0.2) is 42.9 Å². The van der Waals surface area contributed by atoms with Crippen LogP contribution in [0.25, 0.3) is 0 Å². The van der Waals surface area contributed by atoms with Gasteiger partial charge in [0.1, 0.15) is 0 Å². The Bertz CT molecular complexity index is 69.5. The highest BCUT2D eigenvalue weighted by Crippen LogP contribution is 1.91.